The minimum Gasteiger partial charge on any atom is -0.204 e. The zero-order chi connectivity index (χ0) is 25.9. The fraction of sp³-hybridized carbons (Fsp3) is 0.429. The minimum absolute atomic E-state index is 0.0618. The Hall–Kier alpha value is -1.54. The average Bonchev–Trinajstić information content (AvgIpc) is 2.76. The lowest BCUT2D eigenvalue weighted by Crippen LogP contribution is -2.05. The van der Waals surface area contributed by atoms with E-state index in [-0.39, 0.29) is 16.1 Å². The van der Waals surface area contributed by atoms with Crippen molar-refractivity contribution in [3.63, 3.8) is 0 Å². The molecule has 0 aliphatic heterocycles. The number of hydrogen-bond donors (Lipinski definition) is 0. The van der Waals surface area contributed by atoms with Crippen LogP contribution in [-0.4, -0.2) is 0 Å². The van der Waals surface area contributed by atoms with Gasteiger partial charge in [0.15, 0.2) is 23.3 Å². The Bertz CT molecular complexity index is 691. The third-order valence-electron chi connectivity index (χ3n) is 2.29. The molecule has 0 nitrogen and oxygen atoms in total. The standard InChI is InChI=1S/C7H3Cl2F3.C6HF5.4C2H6/c8-4-1-2-5(6(9)3-4)7(10,11)12;7-2-1-3(8)5(10)6(11)4(2)9;4*1-2/h1-3H;1H;4*1-2H3. The van der Waals surface area contributed by atoms with Gasteiger partial charge >= 0.3 is 6.18 Å². The summed E-state index contributed by atoms with van der Waals surface area (Å²) in [7, 11) is 0. The first-order chi connectivity index (χ1) is 14.4. The van der Waals surface area contributed by atoms with Crippen LogP contribution in [0.2, 0.25) is 10.0 Å². The zero-order valence-electron chi connectivity index (χ0n) is 18.6. The molecule has 0 amide bonds. The van der Waals surface area contributed by atoms with E-state index in [0.717, 1.165) is 18.2 Å². The van der Waals surface area contributed by atoms with Gasteiger partial charge in [0.05, 0.1) is 10.6 Å². The Morgan fingerprint density at radius 3 is 1.23 bits per heavy atom. The summed E-state index contributed by atoms with van der Waals surface area (Å²) in [5, 5.41) is -0.192. The third-order valence-corrected chi connectivity index (χ3v) is 2.84. The predicted octanol–water partition coefficient (Wildman–Crippen LogP) is 10.5. The van der Waals surface area contributed by atoms with Crippen LogP contribution in [0.3, 0.4) is 0 Å². The Morgan fingerprint density at radius 2 is 0.935 bits per heavy atom. The fourth-order valence-electron chi connectivity index (χ4n) is 1.26. The van der Waals surface area contributed by atoms with E-state index >= 15 is 0 Å². The van der Waals surface area contributed by atoms with Crippen LogP contribution in [0.15, 0.2) is 24.3 Å². The number of halogens is 10. The molecule has 0 atom stereocenters. The molecule has 0 radical (unpaired) electrons. The van der Waals surface area contributed by atoms with Gasteiger partial charge in [0.2, 0.25) is 5.82 Å². The number of benzene rings is 2. The molecule has 10 heteroatoms. The number of rotatable bonds is 0. The van der Waals surface area contributed by atoms with Crippen molar-refractivity contribution < 1.29 is 35.1 Å². The second kappa shape index (κ2) is 20.4. The van der Waals surface area contributed by atoms with Crippen molar-refractivity contribution in [2.45, 2.75) is 61.6 Å². The van der Waals surface area contributed by atoms with Crippen molar-refractivity contribution in [3.05, 3.63) is 69.0 Å². The van der Waals surface area contributed by atoms with Crippen molar-refractivity contribution in [1.82, 2.24) is 0 Å². The highest BCUT2D eigenvalue weighted by Crippen LogP contribution is 2.35. The highest BCUT2D eigenvalue weighted by atomic mass is 35.5. The van der Waals surface area contributed by atoms with Crippen molar-refractivity contribution in [1.29, 1.82) is 0 Å². The average molecular weight is 503 g/mol. The molecule has 0 bridgehead atoms. The molecule has 0 aliphatic carbocycles. The van der Waals surface area contributed by atoms with Gasteiger partial charge in [-0.15, -0.1) is 0 Å². The van der Waals surface area contributed by atoms with Crippen LogP contribution in [0.4, 0.5) is 35.1 Å². The normalized spacial score (nSPS) is 8.97. The van der Waals surface area contributed by atoms with Gasteiger partial charge < -0.3 is 0 Å². The molecule has 0 aliphatic rings. The summed E-state index contributed by atoms with van der Waals surface area (Å²) in [4.78, 5) is 0. The highest BCUT2D eigenvalue weighted by Gasteiger charge is 2.32. The van der Waals surface area contributed by atoms with Crippen LogP contribution in [0, 0.1) is 29.1 Å². The van der Waals surface area contributed by atoms with E-state index < -0.39 is 40.8 Å². The monoisotopic (exact) mass is 502 g/mol. The molecule has 0 spiro atoms. The van der Waals surface area contributed by atoms with Gasteiger partial charge in [-0.05, 0) is 18.2 Å². The van der Waals surface area contributed by atoms with Crippen LogP contribution >= 0.6 is 23.2 Å². The summed E-state index contributed by atoms with van der Waals surface area (Å²) >= 11 is 10.7. The third kappa shape index (κ3) is 14.2. The largest absolute Gasteiger partial charge is 0.417 e. The lowest BCUT2D eigenvalue weighted by atomic mass is 10.2. The Labute approximate surface area is 189 Å². The molecule has 2 aromatic rings. The molecule has 0 aromatic heterocycles. The summed E-state index contributed by atoms with van der Waals surface area (Å²) in [6.45, 7) is 16.0. The summed E-state index contributed by atoms with van der Waals surface area (Å²) in [5.41, 5.74) is -0.867. The topological polar surface area (TPSA) is 0 Å². The minimum atomic E-state index is -4.42. The maximum atomic E-state index is 12.1. The molecule has 2 rings (SSSR count). The van der Waals surface area contributed by atoms with Crippen LogP contribution < -0.4 is 0 Å². The van der Waals surface area contributed by atoms with Crippen LogP contribution in [0.1, 0.15) is 61.0 Å². The van der Waals surface area contributed by atoms with E-state index in [4.69, 9.17) is 23.2 Å². The SMILES string of the molecule is CC.CC.CC.CC.FC(F)(F)c1ccc(Cl)cc1Cl.Fc1cc(F)c(F)c(F)c1F. The van der Waals surface area contributed by atoms with E-state index in [9.17, 15) is 35.1 Å². The van der Waals surface area contributed by atoms with Gasteiger partial charge in [-0.1, -0.05) is 78.6 Å². The number of alkyl halides is 3. The van der Waals surface area contributed by atoms with Crippen molar-refractivity contribution in [3.8, 4) is 0 Å². The van der Waals surface area contributed by atoms with Crippen molar-refractivity contribution >= 4 is 23.2 Å². The van der Waals surface area contributed by atoms with Gasteiger partial charge in [0, 0.05) is 11.1 Å². The van der Waals surface area contributed by atoms with Crippen LogP contribution in [0.25, 0.3) is 0 Å². The lowest BCUT2D eigenvalue weighted by Gasteiger charge is -2.07. The van der Waals surface area contributed by atoms with Gasteiger partial charge in [-0.2, -0.15) is 13.2 Å². The molecule has 0 N–H and O–H groups in total. The molecule has 0 saturated heterocycles. The van der Waals surface area contributed by atoms with E-state index in [1.54, 1.807) is 0 Å². The van der Waals surface area contributed by atoms with Gasteiger partial charge in [0.25, 0.3) is 0 Å². The van der Waals surface area contributed by atoms with Crippen LogP contribution in [-0.2, 0) is 6.18 Å². The molecule has 0 saturated carbocycles. The van der Waals surface area contributed by atoms with E-state index in [1.165, 1.54) is 0 Å². The quantitative estimate of drug-likeness (QED) is 0.191. The molecular formula is C21H28Cl2F8. The fourth-order valence-corrected chi connectivity index (χ4v) is 1.78. The summed E-state index contributed by atoms with van der Waals surface area (Å²) in [5.74, 6) is -9.65. The predicted molar refractivity (Wildman–Crippen MR) is 113 cm³/mol. The smallest absolute Gasteiger partial charge is 0.204 e. The Kier molecular flexibility index (Phi) is 24.2. The first kappa shape index (κ1) is 36.8. The van der Waals surface area contributed by atoms with Crippen LogP contribution in [0.5, 0.6) is 0 Å². The van der Waals surface area contributed by atoms with Crippen molar-refractivity contribution in [2.24, 2.45) is 0 Å². The molecule has 0 unspecified atom stereocenters. The first-order valence-electron chi connectivity index (χ1n) is 9.46. The van der Waals surface area contributed by atoms with E-state index in [2.05, 4.69) is 0 Å². The van der Waals surface area contributed by atoms with E-state index in [1.807, 2.05) is 55.4 Å². The van der Waals surface area contributed by atoms with Gasteiger partial charge in [0.1, 0.15) is 0 Å². The maximum Gasteiger partial charge on any atom is 0.417 e. The summed E-state index contributed by atoms with van der Waals surface area (Å²) in [6, 6.07) is 3.00. The van der Waals surface area contributed by atoms with Crippen molar-refractivity contribution in [2.75, 3.05) is 0 Å². The Balaban J connectivity index is -0.000000178. The first-order valence-corrected chi connectivity index (χ1v) is 10.2. The lowest BCUT2D eigenvalue weighted by molar-refractivity contribution is -0.137. The summed E-state index contributed by atoms with van der Waals surface area (Å²) < 4.78 is 96.2. The summed E-state index contributed by atoms with van der Waals surface area (Å²) in [6.07, 6.45) is -4.42. The second-order valence-electron chi connectivity index (χ2n) is 3.90. The number of hydrogen-bond acceptors (Lipinski definition) is 0. The molecule has 0 heterocycles. The van der Waals surface area contributed by atoms with Gasteiger partial charge in [-0.25, -0.2) is 22.0 Å². The van der Waals surface area contributed by atoms with E-state index in [0.29, 0.717) is 0 Å². The molecular weight excluding hydrogens is 475 g/mol. The molecule has 31 heavy (non-hydrogen) atoms. The van der Waals surface area contributed by atoms with Gasteiger partial charge in [-0.3, -0.25) is 0 Å². The second-order valence-corrected chi connectivity index (χ2v) is 4.75. The Morgan fingerprint density at radius 1 is 0.581 bits per heavy atom. The molecule has 2 aromatic carbocycles. The molecule has 182 valence electrons. The highest BCUT2D eigenvalue weighted by molar-refractivity contribution is 6.35. The molecule has 0 fully saturated rings. The maximum absolute atomic E-state index is 12.1. The zero-order valence-corrected chi connectivity index (χ0v) is 20.1.